The van der Waals surface area contributed by atoms with Crippen molar-refractivity contribution >= 4 is 0 Å². The largest absolute Gasteiger partial charge is 0.396 e. The molecule has 2 atom stereocenters. The Hall–Kier alpha value is -0.160. The lowest BCUT2D eigenvalue weighted by molar-refractivity contribution is 0.161. The van der Waals surface area contributed by atoms with E-state index in [0.29, 0.717) is 6.54 Å². The fourth-order valence-electron chi connectivity index (χ4n) is 1.24. The first-order valence-corrected chi connectivity index (χ1v) is 4.07. The van der Waals surface area contributed by atoms with E-state index >= 15 is 0 Å². The Labute approximate surface area is 66.6 Å². The molecule has 0 saturated carbocycles. The van der Waals surface area contributed by atoms with Crippen LogP contribution in [0.4, 0.5) is 0 Å². The molecule has 0 spiro atoms. The van der Waals surface area contributed by atoms with Gasteiger partial charge in [-0.1, -0.05) is 0 Å². The van der Waals surface area contributed by atoms with Gasteiger partial charge in [0.1, 0.15) is 0 Å². The van der Waals surface area contributed by atoms with Crippen molar-refractivity contribution < 1.29 is 10.2 Å². The summed E-state index contributed by atoms with van der Waals surface area (Å²) >= 11 is 0. The first-order chi connectivity index (χ1) is 5.34. The fourth-order valence-corrected chi connectivity index (χ4v) is 1.24. The van der Waals surface area contributed by atoms with Crippen LogP contribution in [0, 0.1) is 0 Å². The van der Waals surface area contributed by atoms with E-state index in [0.717, 1.165) is 19.5 Å². The van der Waals surface area contributed by atoms with Crippen molar-refractivity contribution in [2.24, 2.45) is 0 Å². The lowest BCUT2D eigenvalue weighted by Crippen LogP contribution is -2.39. The minimum absolute atomic E-state index is 0.168. The van der Waals surface area contributed by atoms with Crippen LogP contribution < -0.4 is 10.6 Å². The topological polar surface area (TPSA) is 64.5 Å². The van der Waals surface area contributed by atoms with E-state index in [9.17, 15) is 5.11 Å². The van der Waals surface area contributed by atoms with Gasteiger partial charge in [-0.3, -0.25) is 0 Å². The number of hydrogen-bond donors (Lipinski definition) is 4. The van der Waals surface area contributed by atoms with Crippen molar-refractivity contribution in [2.75, 3.05) is 26.2 Å². The van der Waals surface area contributed by atoms with Crippen LogP contribution in [0.15, 0.2) is 0 Å². The van der Waals surface area contributed by atoms with E-state index in [1.165, 1.54) is 0 Å². The highest BCUT2D eigenvalue weighted by atomic mass is 16.3. The molecule has 0 unspecified atom stereocenters. The average molecular weight is 160 g/mol. The van der Waals surface area contributed by atoms with Crippen LogP contribution in [-0.4, -0.2) is 48.6 Å². The molecule has 4 heteroatoms. The van der Waals surface area contributed by atoms with Gasteiger partial charge >= 0.3 is 0 Å². The molecule has 4 N–H and O–H groups in total. The Morgan fingerprint density at radius 1 is 1.45 bits per heavy atom. The molecule has 1 heterocycles. The molecule has 1 saturated heterocycles. The summed E-state index contributed by atoms with van der Waals surface area (Å²) in [6.45, 7) is 2.49. The Balaban J connectivity index is 2.05. The highest BCUT2D eigenvalue weighted by Crippen LogP contribution is 1.98. The smallest absolute Gasteiger partial charge is 0.0829 e. The van der Waals surface area contributed by atoms with E-state index in [-0.39, 0.29) is 18.8 Å². The molecule has 0 bridgehead atoms. The lowest BCUT2D eigenvalue weighted by Gasteiger charge is -2.14. The van der Waals surface area contributed by atoms with Crippen molar-refractivity contribution in [1.29, 1.82) is 0 Å². The van der Waals surface area contributed by atoms with Crippen molar-refractivity contribution in [1.82, 2.24) is 10.6 Å². The first-order valence-electron chi connectivity index (χ1n) is 4.07. The van der Waals surface area contributed by atoms with Gasteiger partial charge in [0.25, 0.3) is 0 Å². The maximum Gasteiger partial charge on any atom is 0.0829 e. The number of nitrogens with one attached hydrogen (secondary N) is 2. The molecule has 66 valence electrons. The Morgan fingerprint density at radius 3 is 2.82 bits per heavy atom. The number of aliphatic hydroxyl groups excluding tert-OH is 2. The maximum atomic E-state index is 9.30. The summed E-state index contributed by atoms with van der Waals surface area (Å²) in [5.41, 5.74) is 0. The third-order valence-electron chi connectivity index (χ3n) is 1.92. The Kier molecular flexibility index (Phi) is 3.79. The molecule has 0 aromatic rings. The van der Waals surface area contributed by atoms with Gasteiger partial charge < -0.3 is 20.8 Å². The van der Waals surface area contributed by atoms with Gasteiger partial charge in [0.05, 0.1) is 6.10 Å². The van der Waals surface area contributed by atoms with Crippen molar-refractivity contribution in [3.8, 4) is 0 Å². The van der Waals surface area contributed by atoms with Crippen LogP contribution in [0.3, 0.4) is 0 Å². The summed E-state index contributed by atoms with van der Waals surface area (Å²) < 4.78 is 0. The van der Waals surface area contributed by atoms with Crippen molar-refractivity contribution in [3.05, 3.63) is 0 Å². The molecule has 11 heavy (non-hydrogen) atoms. The van der Waals surface area contributed by atoms with Gasteiger partial charge in [-0.2, -0.15) is 0 Å². The fraction of sp³-hybridized carbons (Fsp3) is 1.00. The van der Waals surface area contributed by atoms with E-state index in [2.05, 4.69) is 10.6 Å². The van der Waals surface area contributed by atoms with Crippen molar-refractivity contribution in [3.63, 3.8) is 0 Å². The molecule has 0 aliphatic carbocycles. The van der Waals surface area contributed by atoms with Gasteiger partial charge in [0.15, 0.2) is 0 Å². The van der Waals surface area contributed by atoms with E-state index in [1.807, 2.05) is 0 Å². The predicted molar refractivity (Wildman–Crippen MR) is 42.4 cm³/mol. The minimum atomic E-state index is -0.270. The summed E-state index contributed by atoms with van der Waals surface area (Å²) in [4.78, 5) is 0. The molecular formula is C7H16N2O2. The summed E-state index contributed by atoms with van der Waals surface area (Å²) in [6.07, 6.45) is 0.483. The lowest BCUT2D eigenvalue weighted by atomic mass is 10.2. The van der Waals surface area contributed by atoms with E-state index in [1.54, 1.807) is 0 Å². The first kappa shape index (κ1) is 8.93. The van der Waals surface area contributed by atoms with Crippen molar-refractivity contribution in [2.45, 2.75) is 18.6 Å². The Bertz CT molecular complexity index is 111. The summed E-state index contributed by atoms with van der Waals surface area (Å²) in [5.74, 6) is 0. The maximum absolute atomic E-state index is 9.30. The quantitative estimate of drug-likeness (QED) is 0.370. The number of aliphatic hydroxyl groups is 2. The molecule has 0 aromatic carbocycles. The number of hydrogen-bond acceptors (Lipinski definition) is 4. The third-order valence-corrected chi connectivity index (χ3v) is 1.92. The zero-order chi connectivity index (χ0) is 8.10. The molecular weight excluding hydrogens is 144 g/mol. The number of β-amino-alcohol motifs (C(OH)–C–C–N with tert-alkyl or cyclic N) is 1. The minimum Gasteiger partial charge on any atom is -0.396 e. The summed E-state index contributed by atoms with van der Waals surface area (Å²) in [5, 5.41) is 24.0. The second-order valence-corrected chi connectivity index (χ2v) is 2.86. The molecule has 1 fully saturated rings. The van der Waals surface area contributed by atoms with Gasteiger partial charge in [-0.25, -0.2) is 0 Å². The third kappa shape index (κ3) is 2.75. The summed E-state index contributed by atoms with van der Waals surface area (Å²) in [6, 6.07) is 0.168. The van der Waals surface area contributed by atoms with Gasteiger partial charge in [-0.05, 0) is 13.0 Å². The molecule has 0 aromatic heterocycles. The second-order valence-electron chi connectivity index (χ2n) is 2.86. The SMILES string of the molecule is OCCCN[C@@H]1CNC[C@H]1O. The van der Waals surface area contributed by atoms with Gasteiger partial charge in [0.2, 0.25) is 0 Å². The normalized spacial score (nSPS) is 31.1. The van der Waals surface area contributed by atoms with E-state index in [4.69, 9.17) is 5.11 Å². The highest BCUT2D eigenvalue weighted by molar-refractivity contribution is 4.85. The monoisotopic (exact) mass is 160 g/mol. The van der Waals surface area contributed by atoms with Crippen LogP contribution >= 0.6 is 0 Å². The number of rotatable bonds is 4. The highest BCUT2D eigenvalue weighted by Gasteiger charge is 2.23. The van der Waals surface area contributed by atoms with Gasteiger partial charge in [-0.15, -0.1) is 0 Å². The predicted octanol–water partition coefficient (Wildman–Crippen LogP) is -1.71. The standard InChI is InChI=1S/C7H16N2O2/c10-3-1-2-9-6-4-8-5-7(6)11/h6-11H,1-5H2/t6-,7-/m1/s1. The van der Waals surface area contributed by atoms with Crippen LogP contribution in [0.1, 0.15) is 6.42 Å². The van der Waals surface area contributed by atoms with Crippen LogP contribution in [0.2, 0.25) is 0 Å². The molecule has 4 nitrogen and oxygen atoms in total. The van der Waals surface area contributed by atoms with E-state index < -0.39 is 0 Å². The average Bonchev–Trinajstić information content (AvgIpc) is 2.37. The molecule has 1 rings (SSSR count). The zero-order valence-electron chi connectivity index (χ0n) is 6.58. The van der Waals surface area contributed by atoms with Crippen LogP contribution in [-0.2, 0) is 0 Å². The van der Waals surface area contributed by atoms with Gasteiger partial charge in [0, 0.05) is 25.7 Å². The molecule has 0 amide bonds. The second kappa shape index (κ2) is 4.66. The molecule has 1 aliphatic heterocycles. The zero-order valence-corrected chi connectivity index (χ0v) is 6.58. The molecule has 0 radical (unpaired) electrons. The molecule has 1 aliphatic rings. The van der Waals surface area contributed by atoms with Crippen LogP contribution in [0.5, 0.6) is 0 Å². The Morgan fingerprint density at radius 2 is 2.27 bits per heavy atom. The van der Waals surface area contributed by atoms with Crippen LogP contribution in [0.25, 0.3) is 0 Å². The summed E-state index contributed by atoms with van der Waals surface area (Å²) in [7, 11) is 0.